The predicted octanol–water partition coefficient (Wildman–Crippen LogP) is 7.19. The molecule has 3 aliphatic heterocycles. The second-order valence-corrected chi connectivity index (χ2v) is 18.3. The highest BCUT2D eigenvalue weighted by Gasteiger charge is 2.45. The van der Waals surface area contributed by atoms with Gasteiger partial charge >= 0.3 is 18.4 Å². The van der Waals surface area contributed by atoms with Gasteiger partial charge in [-0.15, -0.1) is 0 Å². The molecule has 5 rings (SSSR count). The fraction of sp³-hybridized carbons (Fsp3) is 0.615. The van der Waals surface area contributed by atoms with Gasteiger partial charge < -0.3 is 24.4 Å². The molecule has 3 fully saturated rings. The lowest BCUT2D eigenvalue weighted by molar-refractivity contribution is -0.169. The lowest BCUT2D eigenvalue weighted by Gasteiger charge is -2.44. The van der Waals surface area contributed by atoms with Crippen LogP contribution in [0.25, 0.3) is 0 Å². The predicted molar refractivity (Wildman–Crippen MR) is 200 cm³/mol. The Morgan fingerprint density at radius 3 is 2.43 bits per heavy atom. The van der Waals surface area contributed by atoms with E-state index in [0.717, 1.165) is 7.11 Å². The minimum absolute atomic E-state index is 0.00267. The molecule has 0 spiro atoms. The van der Waals surface area contributed by atoms with Crippen molar-refractivity contribution in [3.63, 3.8) is 0 Å². The first kappa shape index (κ1) is 43.6. The molecule has 56 heavy (non-hydrogen) atoms. The molecule has 0 aromatic heterocycles. The summed E-state index contributed by atoms with van der Waals surface area (Å²) in [6.45, 7) is 5.35. The highest BCUT2D eigenvalue weighted by atomic mass is 35.5. The standard InChI is InChI=1S/C39H50ClF4N3O8S/c1-38(2,3)55-37(50)46-22-29(47-23-28(46)8-6-18-56(47,51)52)14-15-31-25(7-5-9-32(31)41)20-33(48)35(45-36(49)53-4)34(24-10-12-27(40)13-11-24)26-16-17-54-30(19-26)21-39(42,43)44/h5,7,9-13,26,28-30,34-35H,6,8,14-23H2,1-4H3,(H,45,49)/t26-,28+,29-,30+,34-,35+/m0/s1. The fourth-order valence-corrected chi connectivity index (χ4v) is 10.1. The van der Waals surface area contributed by atoms with Crippen molar-refractivity contribution in [1.29, 1.82) is 0 Å². The van der Waals surface area contributed by atoms with Crippen LogP contribution in [0.3, 0.4) is 0 Å². The first-order valence-corrected chi connectivity index (χ1v) is 20.8. The van der Waals surface area contributed by atoms with Crippen LogP contribution in [-0.2, 0) is 41.9 Å². The number of halogens is 5. The van der Waals surface area contributed by atoms with Crippen molar-refractivity contribution in [3.05, 3.63) is 70.0 Å². The Labute approximate surface area is 330 Å². The van der Waals surface area contributed by atoms with Crippen LogP contribution in [0, 0.1) is 11.7 Å². The van der Waals surface area contributed by atoms with Gasteiger partial charge in [-0.05, 0) is 100 Å². The van der Waals surface area contributed by atoms with Gasteiger partial charge in [0.05, 0.1) is 31.4 Å². The monoisotopic (exact) mass is 831 g/mol. The molecule has 1 N–H and O–H groups in total. The zero-order valence-corrected chi connectivity index (χ0v) is 33.5. The summed E-state index contributed by atoms with van der Waals surface area (Å²) in [4.78, 5) is 42.1. The van der Waals surface area contributed by atoms with Gasteiger partial charge in [0.25, 0.3) is 0 Å². The van der Waals surface area contributed by atoms with E-state index in [1.165, 1.54) is 16.4 Å². The van der Waals surface area contributed by atoms with Gasteiger partial charge in [0.2, 0.25) is 10.0 Å². The van der Waals surface area contributed by atoms with Crippen LogP contribution in [0.1, 0.15) is 81.9 Å². The Bertz CT molecular complexity index is 1830. The van der Waals surface area contributed by atoms with E-state index in [1.807, 2.05) is 0 Å². The van der Waals surface area contributed by atoms with E-state index in [9.17, 15) is 36.0 Å². The summed E-state index contributed by atoms with van der Waals surface area (Å²) in [6.07, 6.45) is -7.49. The minimum Gasteiger partial charge on any atom is -0.453 e. The number of benzene rings is 2. The van der Waals surface area contributed by atoms with E-state index in [0.29, 0.717) is 35.4 Å². The molecule has 7 atom stereocenters. The first-order valence-electron chi connectivity index (χ1n) is 18.8. The Balaban J connectivity index is 1.44. The average molecular weight is 832 g/mol. The molecule has 3 heterocycles. The van der Waals surface area contributed by atoms with E-state index in [1.54, 1.807) is 56.0 Å². The number of carbonyl (C=O) groups is 3. The highest BCUT2D eigenvalue weighted by Crippen LogP contribution is 2.40. The van der Waals surface area contributed by atoms with Crippen molar-refractivity contribution < 1.29 is 54.6 Å². The van der Waals surface area contributed by atoms with Crippen LogP contribution in [-0.4, -0.2) is 104 Å². The molecule has 2 amide bonds. The number of nitrogens with one attached hydrogen (secondary N) is 1. The van der Waals surface area contributed by atoms with E-state index < -0.39 is 82.0 Å². The molecular weight excluding hydrogens is 782 g/mol. The fourth-order valence-electron chi connectivity index (χ4n) is 8.18. The molecule has 0 radical (unpaired) electrons. The third-order valence-electron chi connectivity index (χ3n) is 10.7. The van der Waals surface area contributed by atoms with Gasteiger partial charge in [0.15, 0.2) is 5.78 Å². The molecule has 3 saturated heterocycles. The number of hydrogen-bond donors (Lipinski definition) is 1. The van der Waals surface area contributed by atoms with Crippen LogP contribution in [0.4, 0.5) is 27.2 Å². The van der Waals surface area contributed by atoms with Crippen LogP contribution in [0.2, 0.25) is 5.02 Å². The second kappa shape index (κ2) is 18.0. The third-order valence-corrected chi connectivity index (χ3v) is 12.9. The number of hydrogen-bond acceptors (Lipinski definition) is 8. The Kier molecular flexibility index (Phi) is 14.0. The summed E-state index contributed by atoms with van der Waals surface area (Å²) in [5, 5.41) is 3.01. The van der Waals surface area contributed by atoms with E-state index in [-0.39, 0.29) is 62.7 Å². The highest BCUT2D eigenvalue weighted by molar-refractivity contribution is 7.89. The van der Waals surface area contributed by atoms with Crippen molar-refractivity contribution in [3.8, 4) is 0 Å². The smallest absolute Gasteiger partial charge is 0.410 e. The number of carbonyl (C=O) groups excluding carboxylic acids is 3. The number of Topliss-reactive ketones (excluding diaryl/α,β-unsaturated/α-hetero) is 1. The molecule has 2 aromatic carbocycles. The molecule has 11 nitrogen and oxygen atoms in total. The second-order valence-electron chi connectivity index (χ2n) is 15.8. The number of ether oxygens (including phenoxy) is 3. The molecule has 0 saturated carbocycles. The molecule has 0 aliphatic carbocycles. The van der Waals surface area contributed by atoms with Gasteiger partial charge in [0.1, 0.15) is 11.4 Å². The number of ketones is 1. The van der Waals surface area contributed by atoms with E-state index in [2.05, 4.69) is 5.32 Å². The van der Waals surface area contributed by atoms with Gasteiger partial charge in [-0.2, -0.15) is 17.5 Å². The largest absolute Gasteiger partial charge is 0.453 e. The van der Waals surface area contributed by atoms with Crippen molar-refractivity contribution in [2.24, 2.45) is 5.92 Å². The van der Waals surface area contributed by atoms with Gasteiger partial charge in [-0.1, -0.05) is 35.9 Å². The van der Waals surface area contributed by atoms with Gasteiger partial charge in [-0.25, -0.2) is 22.4 Å². The number of fused-ring (bicyclic) bond motifs is 2. The van der Waals surface area contributed by atoms with E-state index in [4.69, 9.17) is 25.8 Å². The molecular formula is C39H50ClF4N3O8S. The van der Waals surface area contributed by atoms with E-state index >= 15 is 4.39 Å². The molecule has 2 aromatic rings. The Hall–Kier alpha value is -3.47. The maximum absolute atomic E-state index is 15.8. The topological polar surface area (TPSA) is 132 Å². The Morgan fingerprint density at radius 1 is 1.05 bits per heavy atom. The number of rotatable bonds is 11. The maximum atomic E-state index is 15.8. The molecule has 17 heteroatoms. The van der Waals surface area contributed by atoms with Crippen molar-refractivity contribution in [1.82, 2.24) is 14.5 Å². The molecule has 1 unspecified atom stereocenters. The summed E-state index contributed by atoms with van der Waals surface area (Å²) >= 11 is 6.17. The minimum atomic E-state index is -4.49. The number of alkyl halides is 3. The molecule has 310 valence electrons. The summed E-state index contributed by atoms with van der Waals surface area (Å²) in [6, 6.07) is 8.33. The Morgan fingerprint density at radius 2 is 1.77 bits per heavy atom. The number of amides is 2. The van der Waals surface area contributed by atoms with Crippen molar-refractivity contribution >= 4 is 39.6 Å². The zero-order chi connectivity index (χ0) is 41.0. The zero-order valence-electron chi connectivity index (χ0n) is 31.9. The average Bonchev–Trinajstić information content (AvgIpc) is 3.23. The summed E-state index contributed by atoms with van der Waals surface area (Å²) in [5.74, 6) is -2.65. The summed E-state index contributed by atoms with van der Waals surface area (Å²) in [7, 11) is -2.56. The normalized spacial score (nSPS) is 25.0. The van der Waals surface area contributed by atoms with Crippen LogP contribution in [0.15, 0.2) is 42.5 Å². The van der Waals surface area contributed by atoms with Crippen LogP contribution < -0.4 is 5.32 Å². The lowest BCUT2D eigenvalue weighted by Crippen LogP contribution is -2.60. The van der Waals surface area contributed by atoms with Crippen LogP contribution >= 0.6 is 11.6 Å². The lowest BCUT2D eigenvalue weighted by atomic mass is 9.73. The van der Waals surface area contributed by atoms with Crippen molar-refractivity contribution in [2.75, 3.05) is 32.6 Å². The number of methoxy groups -OCH3 is 1. The number of nitrogens with zero attached hydrogens (tertiary/aromatic N) is 2. The number of piperazine rings is 1. The quantitative estimate of drug-likeness (QED) is 0.236. The van der Waals surface area contributed by atoms with Gasteiger partial charge in [-0.3, -0.25) is 4.79 Å². The number of alkyl carbamates (subject to hydrolysis) is 1. The maximum Gasteiger partial charge on any atom is 0.410 e. The van der Waals surface area contributed by atoms with Crippen LogP contribution in [0.5, 0.6) is 0 Å². The van der Waals surface area contributed by atoms with Gasteiger partial charge in [0, 0.05) is 49.1 Å². The SMILES string of the molecule is COC(=O)N[C@H](C(=O)Cc1cccc(F)c1CC[C@H]1CN(C(=O)OC(C)(C)C)[C@@H]2CCCS(=O)(=O)N1C2)[C@@H](c1ccc(Cl)cc1)[C@H]1CCO[C@@H](CC(F)(F)F)C1. The number of sulfonamides is 1. The summed E-state index contributed by atoms with van der Waals surface area (Å²) in [5.41, 5.74) is 0.220. The molecule has 3 aliphatic rings. The van der Waals surface area contributed by atoms with Crippen molar-refractivity contribution in [2.45, 2.75) is 114 Å². The third kappa shape index (κ3) is 11.3. The molecule has 2 bridgehead atoms. The summed E-state index contributed by atoms with van der Waals surface area (Å²) < 4.78 is 100. The first-order chi connectivity index (χ1) is 26.2.